The minimum Gasteiger partial charge on any atom is -0.480 e. The minimum atomic E-state index is -1.14. The van der Waals surface area contributed by atoms with Gasteiger partial charge in [0.1, 0.15) is 17.5 Å². The average molecular weight is 537 g/mol. The first-order chi connectivity index (χ1) is 17.4. The lowest BCUT2D eigenvalue weighted by atomic mass is 9.54. The van der Waals surface area contributed by atoms with E-state index in [1.807, 2.05) is 13.8 Å². The van der Waals surface area contributed by atoms with Crippen LogP contribution in [0.15, 0.2) is 9.42 Å². The van der Waals surface area contributed by atoms with Crippen LogP contribution in [0.25, 0.3) is 0 Å². The molecule has 10 nitrogen and oxygen atoms in total. The zero-order valence-electron chi connectivity index (χ0n) is 22.1. The predicted molar refractivity (Wildman–Crippen MR) is 138 cm³/mol. The highest BCUT2D eigenvalue weighted by molar-refractivity contribution is 8.00. The summed E-state index contributed by atoms with van der Waals surface area (Å²) in [5, 5.41) is 19.2. The molecule has 4 bridgehead atoms. The molecule has 4 saturated carbocycles. The first kappa shape index (κ1) is 27.8. The van der Waals surface area contributed by atoms with Gasteiger partial charge in [0.25, 0.3) is 11.8 Å². The molecule has 37 heavy (non-hydrogen) atoms. The molecule has 4 aliphatic rings. The molecule has 5 rings (SSSR count). The Hall–Kier alpha value is -2.27. The Morgan fingerprint density at radius 2 is 1.78 bits per heavy atom. The summed E-state index contributed by atoms with van der Waals surface area (Å²) in [6.07, 6.45) is 6.22. The van der Waals surface area contributed by atoms with Gasteiger partial charge in [-0.2, -0.15) is 0 Å². The van der Waals surface area contributed by atoms with Crippen molar-refractivity contribution in [3.8, 4) is 5.88 Å². The average Bonchev–Trinajstić information content (AvgIpc) is 3.19. The van der Waals surface area contributed by atoms with Crippen molar-refractivity contribution in [1.82, 2.24) is 15.8 Å². The van der Waals surface area contributed by atoms with Gasteiger partial charge in [-0.3, -0.25) is 14.4 Å². The highest BCUT2D eigenvalue weighted by Crippen LogP contribution is 2.53. The maximum Gasteiger partial charge on any atom is 0.320 e. The second kappa shape index (κ2) is 11.2. The second-order valence-electron chi connectivity index (χ2n) is 11.9. The number of carbonyl (C=O) groups is 3. The van der Waals surface area contributed by atoms with Crippen molar-refractivity contribution < 1.29 is 28.8 Å². The van der Waals surface area contributed by atoms with Gasteiger partial charge in [0.15, 0.2) is 0 Å². The molecule has 0 unspecified atom stereocenters. The summed E-state index contributed by atoms with van der Waals surface area (Å²) in [4.78, 5) is 37.1. The van der Waals surface area contributed by atoms with Gasteiger partial charge in [0, 0.05) is 17.7 Å². The summed E-state index contributed by atoms with van der Waals surface area (Å²) < 4.78 is 11.5. The van der Waals surface area contributed by atoms with Gasteiger partial charge in [-0.15, -0.1) is 11.8 Å². The van der Waals surface area contributed by atoms with Gasteiger partial charge in [0.05, 0.1) is 5.54 Å². The molecule has 4 fully saturated rings. The molecule has 5 N–H and O–H groups in total. The molecule has 0 saturated heterocycles. The number of hydrogen-bond donors (Lipinski definition) is 4. The third kappa shape index (κ3) is 6.79. The number of ether oxygens (including phenoxy) is 1. The molecule has 0 radical (unpaired) electrons. The van der Waals surface area contributed by atoms with Crippen LogP contribution in [0, 0.1) is 23.7 Å². The van der Waals surface area contributed by atoms with Crippen molar-refractivity contribution in [3.05, 3.63) is 5.76 Å². The third-order valence-corrected chi connectivity index (χ3v) is 8.82. The Balaban J connectivity index is 1.37. The Kier molecular flexibility index (Phi) is 8.42. The summed E-state index contributed by atoms with van der Waals surface area (Å²) >= 11 is 1.46. The van der Waals surface area contributed by atoms with Crippen LogP contribution in [0.2, 0.25) is 0 Å². The molecule has 0 spiro atoms. The molecule has 11 heteroatoms. The van der Waals surface area contributed by atoms with Crippen molar-refractivity contribution in [2.75, 3.05) is 6.61 Å². The van der Waals surface area contributed by atoms with Crippen LogP contribution < -0.4 is 21.1 Å². The third-order valence-electron chi connectivity index (χ3n) is 7.75. The number of hydrogen-bond acceptors (Lipinski definition) is 8. The van der Waals surface area contributed by atoms with E-state index in [9.17, 15) is 14.4 Å². The van der Waals surface area contributed by atoms with Crippen molar-refractivity contribution in [2.24, 2.45) is 29.4 Å². The quantitative estimate of drug-likeness (QED) is 0.295. The number of aromatic nitrogens is 1. The lowest BCUT2D eigenvalue weighted by Crippen LogP contribution is -2.55. The molecular formula is C26H40N4O6S. The summed E-state index contributed by atoms with van der Waals surface area (Å²) in [6.45, 7) is 7.70. The number of amides is 2. The minimum absolute atomic E-state index is 0.00965. The zero-order valence-corrected chi connectivity index (χ0v) is 22.9. The Labute approximate surface area is 222 Å². The number of rotatable bonds is 12. The number of carbonyl (C=O) groups excluding carboxylic acids is 2. The lowest BCUT2D eigenvalue weighted by Gasteiger charge is -2.54. The van der Waals surface area contributed by atoms with Crippen molar-refractivity contribution >= 4 is 29.5 Å². The van der Waals surface area contributed by atoms with E-state index in [1.54, 1.807) is 13.8 Å². The summed E-state index contributed by atoms with van der Waals surface area (Å²) in [5.74, 6) is 1.44. The summed E-state index contributed by atoms with van der Waals surface area (Å²) in [7, 11) is 0. The number of nitrogens with one attached hydrogen (secondary N) is 2. The molecule has 1 heterocycles. The molecule has 2 amide bonds. The van der Waals surface area contributed by atoms with E-state index in [1.165, 1.54) is 43.9 Å². The molecule has 0 aromatic carbocycles. The van der Waals surface area contributed by atoms with Crippen LogP contribution >= 0.6 is 11.8 Å². The van der Waals surface area contributed by atoms with E-state index in [2.05, 4.69) is 15.8 Å². The number of nitrogens with zero attached hydrogens (tertiary/aromatic N) is 1. The van der Waals surface area contributed by atoms with E-state index in [-0.39, 0.29) is 54.2 Å². The Morgan fingerprint density at radius 3 is 2.35 bits per heavy atom. The summed E-state index contributed by atoms with van der Waals surface area (Å²) in [6, 6.07) is -0.894. The van der Waals surface area contributed by atoms with Gasteiger partial charge in [-0.25, -0.2) is 0 Å². The molecule has 206 valence electrons. The molecule has 1 aromatic heterocycles. The van der Waals surface area contributed by atoms with Gasteiger partial charge >= 0.3 is 5.97 Å². The highest BCUT2D eigenvalue weighted by Gasteiger charge is 2.49. The van der Waals surface area contributed by atoms with Crippen LogP contribution in [-0.4, -0.2) is 57.5 Å². The maximum atomic E-state index is 13.4. The first-order valence-electron chi connectivity index (χ1n) is 13.3. The van der Waals surface area contributed by atoms with E-state index in [0.717, 1.165) is 11.8 Å². The SMILES string of the molecule is CC(C)Sc1c(OCC(C)(C)NC(=O)CC[C@H](N)C(=O)O)noc1C(=O)NC1C2CC3CC(C2)CC1C3. The number of aliphatic carboxylic acids is 1. The van der Waals surface area contributed by atoms with Crippen LogP contribution in [0.5, 0.6) is 5.88 Å². The van der Waals surface area contributed by atoms with Crippen LogP contribution in [0.4, 0.5) is 0 Å². The highest BCUT2D eigenvalue weighted by atomic mass is 32.2. The number of thioether (sulfide) groups is 1. The van der Waals surface area contributed by atoms with Gasteiger partial charge < -0.3 is 30.7 Å². The van der Waals surface area contributed by atoms with Gasteiger partial charge in [-0.05, 0) is 81.2 Å². The normalized spacial score (nSPS) is 27.2. The van der Waals surface area contributed by atoms with Gasteiger partial charge in [0.2, 0.25) is 11.7 Å². The lowest BCUT2D eigenvalue weighted by molar-refractivity contribution is -0.138. The second-order valence-corrected chi connectivity index (χ2v) is 13.5. The largest absolute Gasteiger partial charge is 0.480 e. The molecule has 0 aliphatic heterocycles. The fourth-order valence-electron chi connectivity index (χ4n) is 6.36. The summed E-state index contributed by atoms with van der Waals surface area (Å²) in [5.41, 5.74) is 4.71. The number of carboxylic acids is 1. The molecule has 1 atom stereocenters. The van der Waals surface area contributed by atoms with E-state index in [0.29, 0.717) is 16.7 Å². The fraction of sp³-hybridized carbons (Fsp3) is 0.769. The molecule has 1 aromatic rings. The smallest absolute Gasteiger partial charge is 0.320 e. The van der Waals surface area contributed by atoms with Crippen LogP contribution in [-0.2, 0) is 9.59 Å². The monoisotopic (exact) mass is 536 g/mol. The topological polar surface area (TPSA) is 157 Å². The van der Waals surface area contributed by atoms with E-state index in [4.69, 9.17) is 20.1 Å². The molecular weight excluding hydrogens is 496 g/mol. The number of nitrogens with two attached hydrogens (primary N) is 1. The number of carboxylic acid groups (broad SMARTS) is 1. The van der Waals surface area contributed by atoms with Crippen LogP contribution in [0.3, 0.4) is 0 Å². The van der Waals surface area contributed by atoms with Crippen LogP contribution in [0.1, 0.15) is 83.2 Å². The standard InChI is InChI=1S/C26H40N4O6S/c1-13(2)37-22-21(23(32)28-20-16-8-14-7-15(10-16)11-17(20)9-14)36-30-24(22)35-12-26(3,4)29-19(31)6-5-18(27)25(33)34/h13-18,20H,5-12,27H2,1-4H3,(H,28,32)(H,29,31)(H,33,34)/t14?,15?,16?,17?,18-,20?/m0/s1. The van der Waals surface area contributed by atoms with E-state index < -0.39 is 17.6 Å². The molecule has 4 aliphatic carbocycles. The fourth-order valence-corrected chi connectivity index (χ4v) is 7.26. The first-order valence-corrected chi connectivity index (χ1v) is 14.2. The Morgan fingerprint density at radius 1 is 1.16 bits per heavy atom. The van der Waals surface area contributed by atoms with E-state index >= 15 is 0 Å². The van der Waals surface area contributed by atoms with Gasteiger partial charge in [-0.1, -0.05) is 13.8 Å². The maximum absolute atomic E-state index is 13.4. The zero-order chi connectivity index (χ0) is 26.9. The van der Waals surface area contributed by atoms with Crippen molar-refractivity contribution in [3.63, 3.8) is 0 Å². The Bertz CT molecular complexity index is 981. The van der Waals surface area contributed by atoms with Crippen molar-refractivity contribution in [2.45, 2.75) is 100 Å². The van der Waals surface area contributed by atoms with Crippen molar-refractivity contribution in [1.29, 1.82) is 0 Å². The predicted octanol–water partition coefficient (Wildman–Crippen LogP) is 3.20.